The molecule has 27 nitrogen and oxygen atoms in total. The molecule has 0 aliphatic carbocycles. The van der Waals surface area contributed by atoms with Crippen molar-refractivity contribution in [2.24, 2.45) is 0 Å². The maximum atomic E-state index is 13.9. The Kier molecular flexibility index (Phi) is 33.1. The number of aryl methyl sites for hydroxylation is 3. The molecule has 0 unspecified atom stereocenters. The summed E-state index contributed by atoms with van der Waals surface area (Å²) >= 11 is 43.3. The van der Waals surface area contributed by atoms with Crippen LogP contribution in [0, 0.1) is 62.6 Å². The number of hydrogen-bond acceptors (Lipinski definition) is 21. The van der Waals surface area contributed by atoms with Gasteiger partial charge in [0.1, 0.15) is 27.2 Å². The number of benzene rings is 8. The third-order valence-corrected chi connectivity index (χ3v) is 25.2. The number of halogens is 13. The lowest BCUT2D eigenvalue weighted by molar-refractivity contribution is 0.0496. The molecule has 4 amide bonds. The van der Waals surface area contributed by atoms with Gasteiger partial charge in [-0.25, -0.2) is 65.9 Å². The van der Waals surface area contributed by atoms with Crippen LogP contribution in [0.15, 0.2) is 107 Å². The minimum atomic E-state index is -4.22. The van der Waals surface area contributed by atoms with Gasteiger partial charge in [-0.1, -0.05) is 81.2 Å². The van der Waals surface area contributed by atoms with Gasteiger partial charge in [0.05, 0.1) is 155 Å². The number of sulfonamides is 3. The van der Waals surface area contributed by atoms with Gasteiger partial charge in [-0.3, -0.25) is 19.2 Å². The molecule has 5 N–H and O–H groups in total. The maximum Gasteiger partial charge on any atom is 0.273 e. The zero-order valence-electron chi connectivity index (χ0n) is 64.4. The molecular weight excluding hydrogens is 1780 g/mol. The highest BCUT2D eigenvalue weighted by atomic mass is 35.5. The summed E-state index contributed by atoms with van der Waals surface area (Å²) in [6.07, 6.45) is 0.776. The van der Waals surface area contributed by atoms with Gasteiger partial charge in [0.2, 0.25) is 30.1 Å². The van der Waals surface area contributed by atoms with Crippen molar-refractivity contribution in [2.75, 3.05) is 164 Å². The lowest BCUT2D eigenvalue weighted by Crippen LogP contribution is -2.40. The Morgan fingerprint density at radius 1 is 0.395 bits per heavy atom. The fraction of sp³-hybridized carbons (Fsp3) is 0.316. The van der Waals surface area contributed by atoms with Crippen molar-refractivity contribution in [3.05, 3.63) is 212 Å². The first-order valence-electron chi connectivity index (χ1n) is 35.4. The number of hydrazine groups is 2. The summed E-state index contributed by atoms with van der Waals surface area (Å²) in [4.78, 5) is 51.0. The molecule has 4 aliphatic heterocycles. The Morgan fingerprint density at radius 2 is 0.756 bits per heavy atom. The first-order valence-corrected chi connectivity index (χ1v) is 42.8. The molecule has 8 aromatic rings. The van der Waals surface area contributed by atoms with E-state index in [1.54, 1.807) is 19.1 Å². The molecule has 642 valence electrons. The highest BCUT2D eigenvalue weighted by Crippen LogP contribution is 2.40. The van der Waals surface area contributed by atoms with Gasteiger partial charge in [0.15, 0.2) is 34.8 Å². The van der Waals surface area contributed by atoms with E-state index >= 15 is 0 Å². The summed E-state index contributed by atoms with van der Waals surface area (Å²) in [6.45, 7) is 12.1. The Balaban J connectivity index is 0.000000181. The van der Waals surface area contributed by atoms with Crippen molar-refractivity contribution in [1.29, 1.82) is 0 Å². The first-order chi connectivity index (χ1) is 56.2. The standard InChI is InChI=1S/C20H22Cl2N2O6S.C19H19Cl2F2N3O4S.C19H19ClF2N2O5S.C18H17Cl2F2N3O2/c1-12-8-13(9-17(28-2)19(12)29-3)23-20(25)14-10-18(16(22)11-15(14)21)31(26,27)24-4-6-30-7-5-24;1-11-7-12(8-16(22)18(11)23)26(31(2,28)29)19(27)13-9-17(15(21)10-14(13)20)24-25-3-5-30-6-4-25;1-11-15(21)7-12(8-16(11)22)23-19(25)13-9-18(17(28-2)10-14(13)20)30(26,27)24-3-5-29-6-4-24;1-10-6-11(7-15(21)17(10)22)23-18(26)12-8-16(14(20)9-13(12)19)24-25-2-4-27-5-3-25/h8-11H,4-7H2,1-3H3,(H,23,25);7-10,24H,3-6H2,1-2H3;7-10H,3-6H2,1-2H3,(H,23,25);6-9,24H,2-5H2,1H3,(H,23,26). The highest BCUT2D eigenvalue weighted by Gasteiger charge is 2.35. The smallest absolute Gasteiger partial charge is 0.273 e. The lowest BCUT2D eigenvalue weighted by atomic mass is 10.1. The van der Waals surface area contributed by atoms with Gasteiger partial charge in [-0.15, -0.1) is 0 Å². The summed E-state index contributed by atoms with van der Waals surface area (Å²) in [5.41, 5.74) is 7.34. The number of nitrogens with one attached hydrogen (secondary N) is 5. The van der Waals surface area contributed by atoms with Crippen LogP contribution in [0.1, 0.15) is 63.7 Å². The second-order valence-corrected chi connectivity index (χ2v) is 34.8. The van der Waals surface area contributed by atoms with Crippen molar-refractivity contribution in [2.45, 2.75) is 37.5 Å². The van der Waals surface area contributed by atoms with Crippen molar-refractivity contribution in [1.82, 2.24) is 18.6 Å². The Morgan fingerprint density at radius 3 is 1.19 bits per heavy atom. The molecule has 119 heavy (non-hydrogen) atoms. The van der Waals surface area contributed by atoms with Crippen LogP contribution in [0.5, 0.6) is 17.2 Å². The molecule has 8 aromatic carbocycles. The number of anilines is 6. The van der Waals surface area contributed by atoms with E-state index in [4.69, 9.17) is 114 Å². The van der Waals surface area contributed by atoms with Crippen LogP contribution >= 0.6 is 81.2 Å². The molecule has 0 bridgehead atoms. The minimum absolute atomic E-state index is 0.0228. The molecule has 0 aromatic heterocycles. The van der Waals surface area contributed by atoms with E-state index in [0.717, 1.165) is 42.2 Å². The van der Waals surface area contributed by atoms with E-state index in [1.807, 2.05) is 10.0 Å². The van der Waals surface area contributed by atoms with Crippen LogP contribution in [0.3, 0.4) is 0 Å². The third kappa shape index (κ3) is 23.7. The van der Waals surface area contributed by atoms with Gasteiger partial charge < -0.3 is 60.0 Å². The third-order valence-electron chi connectivity index (χ3n) is 18.0. The quantitative estimate of drug-likeness (QED) is 0.0443. The second-order valence-electron chi connectivity index (χ2n) is 26.3. The maximum absolute atomic E-state index is 13.9. The Labute approximate surface area is 716 Å². The lowest BCUT2D eigenvalue weighted by Gasteiger charge is -2.29. The number of carbonyl (C=O) groups is 4. The van der Waals surface area contributed by atoms with E-state index < -0.39 is 88.6 Å². The van der Waals surface area contributed by atoms with Crippen LogP contribution in [0.2, 0.25) is 35.2 Å². The Bertz CT molecular complexity index is 5460. The molecule has 4 saturated heterocycles. The number of carbonyl (C=O) groups excluding carboxylic acids is 4. The van der Waals surface area contributed by atoms with Crippen molar-refractivity contribution in [3.63, 3.8) is 0 Å². The van der Waals surface area contributed by atoms with E-state index in [1.165, 1.54) is 99.2 Å². The van der Waals surface area contributed by atoms with E-state index in [2.05, 4.69) is 26.8 Å². The summed E-state index contributed by atoms with van der Waals surface area (Å²) in [5.74, 6) is -8.14. The Hall–Kier alpha value is -8.22. The number of rotatable bonds is 20. The predicted octanol–water partition coefficient (Wildman–Crippen LogP) is 15.1. The molecule has 12 rings (SSSR count). The van der Waals surface area contributed by atoms with E-state index in [-0.39, 0.29) is 154 Å². The average Bonchev–Trinajstić information content (AvgIpc) is 0.792. The zero-order valence-corrected chi connectivity index (χ0v) is 72.1. The SMILES string of the molecule is COc1cc(Cl)c(C(=O)Nc2cc(F)c(C)c(F)c2)cc1S(=O)(=O)N1CCOCC1.COc1cc(NC(=O)c2cc(S(=O)(=O)N3CCOCC3)c(Cl)cc2Cl)cc(C)c1OC.Cc1cc(N(C(=O)c2cc(NN3CCOCC3)c(Cl)cc2Cl)S(C)(=O)=O)cc(F)c1F.Cc1cc(NC(=O)c2cc(NN3CCOCC3)c(Cl)cc2Cl)cc(F)c1F. The molecule has 0 radical (unpaired) electrons. The van der Waals surface area contributed by atoms with Gasteiger partial charge in [-0.05, 0) is 117 Å². The van der Waals surface area contributed by atoms with Crippen molar-refractivity contribution >= 4 is 169 Å². The van der Waals surface area contributed by atoms with Crippen LogP contribution in [-0.4, -0.2) is 200 Å². The average molecular weight is 1860 g/mol. The second kappa shape index (κ2) is 41.6. The molecule has 4 fully saturated rings. The molecular formula is C76H77Cl7F6N10O17S3. The van der Waals surface area contributed by atoms with E-state index in [0.29, 0.717) is 96.6 Å². The minimum Gasteiger partial charge on any atom is -0.495 e. The van der Waals surface area contributed by atoms with E-state index in [9.17, 15) is 70.8 Å². The summed E-state index contributed by atoms with van der Waals surface area (Å²) in [5, 5.41) is 11.8. The number of hydrogen-bond donors (Lipinski definition) is 5. The fourth-order valence-corrected chi connectivity index (χ4v) is 17.8. The number of amides is 4. The van der Waals surface area contributed by atoms with Crippen molar-refractivity contribution < 1.29 is 104 Å². The van der Waals surface area contributed by atoms with Crippen LogP contribution in [0.25, 0.3) is 0 Å². The zero-order chi connectivity index (χ0) is 87.3. The molecule has 0 atom stereocenters. The number of morpholine rings is 4. The van der Waals surface area contributed by atoms with Gasteiger partial charge in [0.25, 0.3) is 23.6 Å². The fourth-order valence-electron chi connectivity index (χ4n) is 11.9. The van der Waals surface area contributed by atoms with Crippen LogP contribution < -0.4 is 45.3 Å². The van der Waals surface area contributed by atoms with Gasteiger partial charge >= 0.3 is 0 Å². The first kappa shape index (κ1) is 94.6. The van der Waals surface area contributed by atoms with Crippen LogP contribution in [0.4, 0.5) is 60.5 Å². The largest absolute Gasteiger partial charge is 0.495 e. The summed E-state index contributed by atoms with van der Waals surface area (Å²) < 4.78 is 199. The highest BCUT2D eigenvalue weighted by molar-refractivity contribution is 7.93. The van der Waals surface area contributed by atoms with Gasteiger partial charge in [0, 0.05) is 99.2 Å². The summed E-state index contributed by atoms with van der Waals surface area (Å²) in [7, 11) is -7.85. The normalized spacial score (nSPS) is 15.0. The van der Waals surface area contributed by atoms with Crippen molar-refractivity contribution in [3.8, 4) is 17.2 Å². The number of nitrogens with zero attached hydrogens (tertiary/aromatic N) is 5. The number of ether oxygens (including phenoxy) is 7. The molecule has 4 heterocycles. The predicted molar refractivity (Wildman–Crippen MR) is 442 cm³/mol. The monoisotopic (exact) mass is 1860 g/mol. The topological polar surface area (TPSA) is 312 Å². The summed E-state index contributed by atoms with van der Waals surface area (Å²) in [6, 6.07) is 19.5. The molecule has 4 aliphatic rings. The van der Waals surface area contributed by atoms with Crippen LogP contribution in [-0.2, 0) is 49.0 Å². The molecule has 0 spiro atoms. The molecule has 43 heteroatoms. The number of methoxy groups -OCH3 is 3. The molecule has 0 saturated carbocycles. The van der Waals surface area contributed by atoms with Gasteiger partial charge in [-0.2, -0.15) is 8.61 Å².